The molecule has 122 valence electrons. The molecule has 0 aromatic heterocycles. The summed E-state index contributed by atoms with van der Waals surface area (Å²) in [6.07, 6.45) is 9.66. The fourth-order valence-electron chi connectivity index (χ4n) is 2.36. The topological polar surface area (TPSA) is 23.5 Å². The van der Waals surface area contributed by atoms with E-state index >= 15 is 0 Å². The molecule has 2 nitrogen and oxygen atoms in total. The van der Waals surface area contributed by atoms with E-state index in [1.807, 2.05) is 43.4 Å². The van der Waals surface area contributed by atoms with Crippen molar-refractivity contribution in [2.24, 2.45) is 0 Å². The van der Waals surface area contributed by atoms with Crippen LogP contribution in [0.1, 0.15) is 13.8 Å². The van der Waals surface area contributed by atoms with Crippen molar-refractivity contribution in [2.45, 2.75) is 13.8 Å². The van der Waals surface area contributed by atoms with E-state index in [-0.39, 0.29) is 0 Å². The lowest BCUT2D eigenvalue weighted by Gasteiger charge is -2.30. The maximum Gasteiger partial charge on any atom is 0.0958 e. The summed E-state index contributed by atoms with van der Waals surface area (Å²) < 4.78 is 9.02. The van der Waals surface area contributed by atoms with Gasteiger partial charge in [-0.25, -0.2) is 0 Å². The van der Waals surface area contributed by atoms with Gasteiger partial charge in [-0.3, -0.25) is 0 Å². The van der Waals surface area contributed by atoms with E-state index in [0.717, 1.165) is 28.2 Å². The molecule has 0 atom stereocenters. The van der Waals surface area contributed by atoms with Crippen LogP contribution in [0.4, 0.5) is 5.69 Å². The Kier molecular flexibility index (Phi) is 6.28. The molecule has 1 N–H and O–H groups in total. The number of anilines is 1. The Labute approximate surface area is 148 Å². The largest absolute Gasteiger partial charge is 0.325 e. The van der Waals surface area contributed by atoms with Crippen molar-refractivity contribution in [3.05, 3.63) is 107 Å². The fraction of sp³-hybridized carbons (Fsp3) is 0.0952. The van der Waals surface area contributed by atoms with Crippen LogP contribution >= 0.6 is 12.0 Å². The zero-order chi connectivity index (χ0) is 17.5. The van der Waals surface area contributed by atoms with E-state index in [2.05, 4.69) is 48.9 Å². The molecular formula is C21H21NOS. The van der Waals surface area contributed by atoms with Gasteiger partial charge < -0.3 is 9.45 Å². The molecule has 3 heteroatoms. The van der Waals surface area contributed by atoms with Gasteiger partial charge in [0, 0.05) is 28.3 Å². The van der Waals surface area contributed by atoms with Crippen LogP contribution in [-0.4, -0.2) is 4.55 Å². The van der Waals surface area contributed by atoms with E-state index in [1.54, 1.807) is 6.08 Å². The van der Waals surface area contributed by atoms with Crippen LogP contribution in [0.3, 0.4) is 0 Å². The molecule has 1 aromatic carbocycles. The maximum atomic E-state index is 9.02. The standard InChI is InChI=1S/C21H21NOS/c1-5-9-20-17(3)13-15-21(16(2)12-14-18(4)24-23)22(20)19-10-7-6-8-11-19/h5-14,23H,2,4H2,1,3H3. The highest BCUT2D eigenvalue weighted by atomic mass is 32.2. The van der Waals surface area contributed by atoms with Crippen LogP contribution in [0.25, 0.3) is 0 Å². The molecule has 0 bridgehead atoms. The van der Waals surface area contributed by atoms with Gasteiger partial charge in [-0.1, -0.05) is 49.2 Å². The number of rotatable bonds is 6. The molecular weight excluding hydrogens is 314 g/mol. The summed E-state index contributed by atoms with van der Waals surface area (Å²) in [6, 6.07) is 10.1. The van der Waals surface area contributed by atoms with Crippen LogP contribution in [0.5, 0.6) is 0 Å². The van der Waals surface area contributed by atoms with Crippen molar-refractivity contribution in [2.75, 3.05) is 4.90 Å². The van der Waals surface area contributed by atoms with Gasteiger partial charge in [-0.05, 0) is 55.4 Å². The third-order valence-electron chi connectivity index (χ3n) is 3.52. The van der Waals surface area contributed by atoms with Gasteiger partial charge in [0.25, 0.3) is 0 Å². The maximum absolute atomic E-state index is 9.02. The second-order valence-corrected chi connectivity index (χ2v) is 6.00. The average molecular weight is 335 g/mol. The molecule has 24 heavy (non-hydrogen) atoms. The average Bonchev–Trinajstić information content (AvgIpc) is 2.61. The van der Waals surface area contributed by atoms with E-state index in [1.165, 1.54) is 0 Å². The predicted molar refractivity (Wildman–Crippen MR) is 106 cm³/mol. The van der Waals surface area contributed by atoms with Crippen LogP contribution in [-0.2, 0) is 0 Å². The molecule has 0 amide bonds. The van der Waals surface area contributed by atoms with E-state index in [0.29, 0.717) is 16.9 Å². The van der Waals surface area contributed by atoms with Crippen LogP contribution in [0, 0.1) is 0 Å². The molecule has 0 radical (unpaired) electrons. The molecule has 2 rings (SSSR count). The van der Waals surface area contributed by atoms with E-state index < -0.39 is 0 Å². The van der Waals surface area contributed by atoms with Crippen molar-refractivity contribution in [3.8, 4) is 0 Å². The molecule has 1 aliphatic rings. The lowest BCUT2D eigenvalue weighted by molar-refractivity contribution is 0.670. The van der Waals surface area contributed by atoms with Gasteiger partial charge in [-0.2, -0.15) is 0 Å². The summed E-state index contributed by atoms with van der Waals surface area (Å²) in [4.78, 5) is 2.69. The number of para-hydroxylation sites is 1. The minimum Gasteiger partial charge on any atom is -0.325 e. The molecule has 0 saturated heterocycles. The highest BCUT2D eigenvalue weighted by molar-refractivity contribution is 7.97. The van der Waals surface area contributed by atoms with Crippen molar-refractivity contribution in [1.29, 1.82) is 0 Å². The Balaban J connectivity index is 2.50. The molecule has 0 spiro atoms. The highest BCUT2D eigenvalue weighted by Crippen LogP contribution is 2.32. The normalized spacial score (nSPS) is 14.6. The fourth-order valence-corrected chi connectivity index (χ4v) is 2.49. The number of benzene rings is 1. The molecule has 0 fully saturated rings. The molecule has 1 aliphatic heterocycles. The molecule has 0 aliphatic carbocycles. The van der Waals surface area contributed by atoms with Gasteiger partial charge in [0.05, 0.1) is 5.70 Å². The Morgan fingerprint density at radius 1 is 1.21 bits per heavy atom. The van der Waals surface area contributed by atoms with E-state index in [4.69, 9.17) is 4.55 Å². The monoisotopic (exact) mass is 335 g/mol. The third-order valence-corrected chi connectivity index (χ3v) is 3.90. The molecule has 0 saturated carbocycles. The first-order chi connectivity index (χ1) is 11.6. The lowest BCUT2D eigenvalue weighted by atomic mass is 10.0. The number of hydrogen-bond donors (Lipinski definition) is 1. The quantitative estimate of drug-likeness (QED) is 0.379. The summed E-state index contributed by atoms with van der Waals surface area (Å²) in [5.74, 6) is 0. The lowest BCUT2D eigenvalue weighted by Crippen LogP contribution is -2.23. The van der Waals surface area contributed by atoms with Crippen LogP contribution in [0.15, 0.2) is 107 Å². The Hall–Kier alpha value is -2.45. The first kappa shape index (κ1) is 17.9. The molecule has 1 aromatic rings. The minimum absolute atomic E-state index is 0.559. The number of hydrogen-bond acceptors (Lipinski definition) is 3. The summed E-state index contributed by atoms with van der Waals surface area (Å²) in [6.45, 7) is 12.0. The summed E-state index contributed by atoms with van der Waals surface area (Å²) in [5, 5.41) is 0. The smallest absolute Gasteiger partial charge is 0.0958 e. The SMILES string of the molecule is C=C(C=CC(=C)C1=C=CC(C)=C(C=CC)N1c1ccccc1)SO. The minimum atomic E-state index is 0.559. The van der Waals surface area contributed by atoms with Crippen molar-refractivity contribution in [1.82, 2.24) is 0 Å². The van der Waals surface area contributed by atoms with Gasteiger partial charge in [0.2, 0.25) is 0 Å². The zero-order valence-electron chi connectivity index (χ0n) is 14.0. The molecule has 0 unspecified atom stereocenters. The Bertz CT molecular complexity index is 790. The van der Waals surface area contributed by atoms with E-state index in [9.17, 15) is 0 Å². The second-order valence-electron chi connectivity index (χ2n) is 5.29. The Morgan fingerprint density at radius 2 is 1.92 bits per heavy atom. The van der Waals surface area contributed by atoms with Crippen molar-refractivity contribution >= 4 is 17.7 Å². The van der Waals surface area contributed by atoms with Gasteiger partial charge >= 0.3 is 0 Å². The second kappa shape index (κ2) is 8.42. The first-order valence-corrected chi connectivity index (χ1v) is 8.39. The summed E-state index contributed by atoms with van der Waals surface area (Å²) in [5.41, 5.74) is 8.25. The highest BCUT2D eigenvalue weighted by Gasteiger charge is 2.20. The first-order valence-electron chi connectivity index (χ1n) is 7.61. The molecule has 1 heterocycles. The number of nitrogens with zero attached hydrogens (tertiary/aromatic N) is 1. The van der Waals surface area contributed by atoms with Crippen LogP contribution < -0.4 is 4.90 Å². The number of allylic oxidation sites excluding steroid dienone is 5. The predicted octanol–water partition coefficient (Wildman–Crippen LogP) is 6.23. The van der Waals surface area contributed by atoms with Crippen LogP contribution in [0.2, 0.25) is 0 Å². The van der Waals surface area contributed by atoms with Crippen molar-refractivity contribution in [3.63, 3.8) is 0 Å². The van der Waals surface area contributed by atoms with Gasteiger partial charge in [0.1, 0.15) is 0 Å². The van der Waals surface area contributed by atoms with Gasteiger partial charge in [0.15, 0.2) is 0 Å². The third kappa shape index (κ3) is 4.09. The Morgan fingerprint density at radius 3 is 2.54 bits per heavy atom. The summed E-state index contributed by atoms with van der Waals surface area (Å²) in [7, 11) is 0. The van der Waals surface area contributed by atoms with Crippen molar-refractivity contribution < 1.29 is 4.55 Å². The summed E-state index contributed by atoms with van der Waals surface area (Å²) >= 11 is 0.626. The van der Waals surface area contributed by atoms with Gasteiger partial charge in [-0.15, -0.1) is 0 Å². The zero-order valence-corrected chi connectivity index (χ0v) is 14.8.